The van der Waals surface area contributed by atoms with E-state index in [4.69, 9.17) is 34.8 Å². The van der Waals surface area contributed by atoms with Gasteiger partial charge in [0.15, 0.2) is 0 Å². The number of halogens is 5. The summed E-state index contributed by atoms with van der Waals surface area (Å²) in [5.41, 5.74) is -0.130. The molecule has 2 aliphatic heterocycles. The Morgan fingerprint density at radius 1 is 1.08 bits per heavy atom. The van der Waals surface area contributed by atoms with Gasteiger partial charge in [-0.3, -0.25) is 14.5 Å². The number of hydrogen-bond acceptors (Lipinski definition) is 5. The lowest BCUT2D eigenvalue weighted by atomic mass is 10.1. The Balaban J connectivity index is 1.50. The van der Waals surface area contributed by atoms with Crippen molar-refractivity contribution in [3.8, 4) is 5.75 Å². The third-order valence-corrected chi connectivity index (χ3v) is 8.64. The minimum absolute atomic E-state index is 0.0657. The van der Waals surface area contributed by atoms with Crippen LogP contribution in [0.2, 0.25) is 10.0 Å². The number of rotatable bonds is 5. The molecule has 3 aromatic rings. The molecule has 5 rings (SSSR count). The normalized spacial score (nSPS) is 15.4. The minimum atomic E-state index is -3.93. The van der Waals surface area contributed by atoms with Crippen molar-refractivity contribution < 1.29 is 23.5 Å². The van der Waals surface area contributed by atoms with Gasteiger partial charge in [-0.2, -0.15) is 8.78 Å². The van der Waals surface area contributed by atoms with Crippen molar-refractivity contribution in [2.24, 2.45) is 0 Å². The molecule has 0 spiro atoms. The van der Waals surface area contributed by atoms with Gasteiger partial charge >= 0.3 is 11.4 Å². The molecule has 1 fully saturated rings. The van der Waals surface area contributed by atoms with Crippen LogP contribution < -0.4 is 15.8 Å². The Bertz CT molecular complexity index is 1560. The first-order chi connectivity index (χ1) is 18.4. The van der Waals surface area contributed by atoms with E-state index in [1.165, 1.54) is 17.0 Å². The van der Waals surface area contributed by atoms with Crippen LogP contribution in [-0.4, -0.2) is 40.0 Å². The number of carbonyl (C=O) groups is 2. The van der Waals surface area contributed by atoms with Crippen molar-refractivity contribution in [2.75, 3.05) is 18.0 Å². The van der Waals surface area contributed by atoms with Crippen molar-refractivity contribution in [3.05, 3.63) is 79.2 Å². The summed E-state index contributed by atoms with van der Waals surface area (Å²) in [4.78, 5) is 43.9. The molecule has 0 unspecified atom stereocenters. The Morgan fingerprint density at radius 3 is 2.54 bits per heavy atom. The monoisotopic (exact) mass is 614 g/mol. The van der Waals surface area contributed by atoms with Crippen molar-refractivity contribution in [1.82, 2.24) is 15.2 Å². The molecular weight excluding hydrogens is 597 g/mol. The van der Waals surface area contributed by atoms with Gasteiger partial charge in [-0.15, -0.1) is 0 Å². The van der Waals surface area contributed by atoms with Gasteiger partial charge in [-0.25, -0.2) is 4.79 Å². The van der Waals surface area contributed by atoms with E-state index in [2.05, 4.69) is 5.32 Å². The molecular formula is C25H19Cl3F2N4O4S. The molecule has 0 atom stereocenters. The van der Waals surface area contributed by atoms with Crippen LogP contribution in [-0.2, 0) is 18.5 Å². The number of urea groups is 1. The third kappa shape index (κ3) is 5.41. The summed E-state index contributed by atoms with van der Waals surface area (Å²) in [6, 6.07) is 8.68. The number of H-pyrrole nitrogens is 1. The maximum atomic E-state index is 14.0. The Labute approximate surface area is 239 Å². The lowest BCUT2D eigenvalue weighted by Crippen LogP contribution is -2.46. The molecule has 0 radical (unpaired) electrons. The molecule has 3 N–H and O–H groups in total. The van der Waals surface area contributed by atoms with Crippen LogP contribution in [0.5, 0.6) is 5.75 Å². The van der Waals surface area contributed by atoms with E-state index < -0.39 is 28.1 Å². The van der Waals surface area contributed by atoms with Crippen LogP contribution in [0.15, 0.2) is 51.0 Å². The topological polar surface area (TPSA) is 106 Å². The van der Waals surface area contributed by atoms with Crippen LogP contribution in [0.4, 0.5) is 19.3 Å². The molecule has 2 aromatic carbocycles. The highest BCUT2D eigenvalue weighted by atomic mass is 35.5. The molecule has 204 valence electrons. The lowest BCUT2D eigenvalue weighted by Gasteiger charge is -2.27. The van der Waals surface area contributed by atoms with Crippen LogP contribution in [0.3, 0.4) is 0 Å². The number of anilines is 1. The Kier molecular flexibility index (Phi) is 7.45. The average molecular weight is 616 g/mol. The van der Waals surface area contributed by atoms with Gasteiger partial charge in [-0.05, 0) is 59.5 Å². The van der Waals surface area contributed by atoms with E-state index in [9.17, 15) is 28.3 Å². The number of nitrogens with one attached hydrogen (secondary N) is 2. The first kappa shape index (κ1) is 27.6. The predicted octanol–water partition coefficient (Wildman–Crippen LogP) is 5.90. The quantitative estimate of drug-likeness (QED) is 0.310. The molecule has 3 heterocycles. The highest BCUT2D eigenvalue weighted by Crippen LogP contribution is 2.44. The molecule has 3 amide bonds. The summed E-state index contributed by atoms with van der Waals surface area (Å²) in [7, 11) is 0. The first-order valence-electron chi connectivity index (χ1n) is 11.6. The predicted molar refractivity (Wildman–Crippen MR) is 144 cm³/mol. The van der Waals surface area contributed by atoms with Crippen LogP contribution >= 0.6 is 46.6 Å². The molecule has 0 aliphatic carbocycles. The maximum Gasteiger partial charge on any atom is 0.362 e. The minimum Gasteiger partial charge on any atom is -0.506 e. The van der Waals surface area contributed by atoms with E-state index in [0.29, 0.717) is 30.5 Å². The Morgan fingerprint density at radius 2 is 1.82 bits per heavy atom. The van der Waals surface area contributed by atoms with Gasteiger partial charge in [0.1, 0.15) is 17.0 Å². The zero-order valence-electron chi connectivity index (χ0n) is 19.9. The molecule has 14 heteroatoms. The van der Waals surface area contributed by atoms with Gasteiger partial charge < -0.3 is 20.3 Å². The van der Waals surface area contributed by atoms with Gasteiger partial charge in [0.25, 0.3) is 11.5 Å². The molecule has 1 aromatic heterocycles. The number of alkyl halides is 3. The van der Waals surface area contributed by atoms with Gasteiger partial charge in [0, 0.05) is 36.8 Å². The van der Waals surface area contributed by atoms with Gasteiger partial charge in [0.2, 0.25) is 0 Å². The number of hydrogen-bond donors (Lipinski definition) is 3. The maximum absolute atomic E-state index is 14.0. The second-order valence-corrected chi connectivity index (χ2v) is 11.2. The van der Waals surface area contributed by atoms with E-state index in [0.717, 1.165) is 23.6 Å². The standard InChI is InChI=1S/C25H19Cl3F2N4O4S/c26-15-4-5-16(35)20(27)21(15)39-17-9-18(25(28,29)30)32-22(36)19(17)23(37)33-10-12-2-3-14(8-13(12)11-33)34-7-1-6-31-24(34)38/h2-5,8-9,35H,1,6-7,10-11H2,(H,31,38)(H,32,36). The van der Waals surface area contributed by atoms with Crippen LogP contribution in [0.1, 0.15) is 33.6 Å². The fraction of sp³-hybridized carbons (Fsp3) is 0.240. The van der Waals surface area contributed by atoms with Crippen LogP contribution in [0, 0.1) is 0 Å². The van der Waals surface area contributed by atoms with E-state index in [1.807, 2.05) is 17.1 Å². The number of phenolic OH excluding ortho intramolecular Hbond substituents is 1. The molecule has 0 bridgehead atoms. The molecule has 8 nitrogen and oxygen atoms in total. The van der Waals surface area contributed by atoms with E-state index in [1.54, 1.807) is 11.0 Å². The number of pyridine rings is 1. The molecule has 39 heavy (non-hydrogen) atoms. The summed E-state index contributed by atoms with van der Waals surface area (Å²) in [5.74, 6) is -1.04. The highest BCUT2D eigenvalue weighted by molar-refractivity contribution is 7.99. The lowest BCUT2D eigenvalue weighted by molar-refractivity contribution is 0.0740. The van der Waals surface area contributed by atoms with Crippen molar-refractivity contribution in [2.45, 2.75) is 34.7 Å². The van der Waals surface area contributed by atoms with Gasteiger partial charge in [0.05, 0.1) is 14.9 Å². The number of aromatic amines is 1. The zero-order valence-corrected chi connectivity index (χ0v) is 22.9. The van der Waals surface area contributed by atoms with Crippen LogP contribution in [0.25, 0.3) is 0 Å². The summed E-state index contributed by atoms with van der Waals surface area (Å²) in [6.45, 7) is 1.44. The fourth-order valence-electron chi connectivity index (χ4n) is 4.42. The first-order valence-corrected chi connectivity index (χ1v) is 13.5. The summed E-state index contributed by atoms with van der Waals surface area (Å²) < 4.78 is 27.9. The number of amides is 3. The smallest absolute Gasteiger partial charge is 0.362 e. The number of benzene rings is 2. The van der Waals surface area contributed by atoms with Crippen molar-refractivity contribution >= 4 is 64.2 Å². The van der Waals surface area contributed by atoms with Crippen molar-refractivity contribution in [1.29, 1.82) is 0 Å². The summed E-state index contributed by atoms with van der Waals surface area (Å²) >= 11 is 18.3. The Hall–Kier alpha value is -2.99. The van der Waals surface area contributed by atoms with E-state index >= 15 is 0 Å². The second-order valence-electron chi connectivity index (χ2n) is 8.91. The summed E-state index contributed by atoms with van der Waals surface area (Å²) in [5, 5.41) is 8.77. The SMILES string of the molecule is O=C(c1c(Sc2c(Cl)ccc(O)c2Cl)cc(C(F)(F)Cl)[nH]c1=O)N1Cc2ccc(N3CCCNC3=O)cc2C1. The number of phenols is 1. The largest absolute Gasteiger partial charge is 0.506 e. The van der Waals surface area contributed by atoms with Gasteiger partial charge in [-0.1, -0.05) is 41.0 Å². The third-order valence-electron chi connectivity index (χ3n) is 6.35. The molecule has 0 saturated carbocycles. The fourth-order valence-corrected chi connectivity index (χ4v) is 6.17. The highest BCUT2D eigenvalue weighted by Gasteiger charge is 2.34. The molecule has 1 saturated heterocycles. The number of fused-ring (bicyclic) bond motifs is 1. The zero-order chi connectivity index (χ0) is 28.1. The number of carbonyl (C=O) groups excluding carboxylic acids is 2. The average Bonchev–Trinajstić information content (AvgIpc) is 3.31. The number of aromatic nitrogens is 1. The molecule has 2 aliphatic rings. The number of aromatic hydroxyl groups is 1. The van der Waals surface area contributed by atoms with E-state index in [-0.39, 0.29) is 44.7 Å². The second kappa shape index (κ2) is 10.5. The van der Waals surface area contributed by atoms with Crippen molar-refractivity contribution in [3.63, 3.8) is 0 Å². The summed E-state index contributed by atoms with van der Waals surface area (Å²) in [6.07, 6.45) is 0.793. The number of nitrogens with zero attached hydrogens (tertiary/aromatic N) is 2.